The Hall–Kier alpha value is 1.56. The van der Waals surface area contributed by atoms with Crippen molar-refractivity contribution in [2.45, 2.75) is 25.8 Å². The molecule has 10 heavy (non-hydrogen) atoms. The summed E-state index contributed by atoms with van der Waals surface area (Å²) in [5.74, 6) is 0.771. The summed E-state index contributed by atoms with van der Waals surface area (Å²) in [5.41, 5.74) is 0. The number of rotatable bonds is 1. The van der Waals surface area contributed by atoms with Gasteiger partial charge < -0.3 is 10.4 Å². The van der Waals surface area contributed by atoms with Gasteiger partial charge in [0.2, 0.25) is 0 Å². The maximum atomic E-state index is 10.3. The Labute approximate surface area is 105 Å². The van der Waals surface area contributed by atoms with Crippen LogP contribution >= 0.6 is 0 Å². The summed E-state index contributed by atoms with van der Waals surface area (Å²) in [5, 5.41) is 13.5. The molecule has 1 aliphatic rings. The molecule has 2 atom stereocenters. The predicted octanol–water partition coefficient (Wildman–Crippen LogP) is -3.26. The Morgan fingerprint density at radius 2 is 2.20 bits per heavy atom. The second kappa shape index (κ2) is 6.11. The largest absolute Gasteiger partial charge is 1.00 e. The first-order valence-corrected chi connectivity index (χ1v) is 3.64. The van der Waals surface area contributed by atoms with E-state index < -0.39 is 0 Å². The van der Waals surface area contributed by atoms with Crippen LogP contribution in [0.4, 0.5) is 0 Å². The fourth-order valence-corrected chi connectivity index (χ4v) is 1.20. The van der Waals surface area contributed by atoms with E-state index in [1.54, 1.807) is 0 Å². The molecular formula is C7H14KNO. The summed E-state index contributed by atoms with van der Waals surface area (Å²) >= 11 is 0. The summed E-state index contributed by atoms with van der Waals surface area (Å²) in [6.07, 6.45) is 2.30. The Morgan fingerprint density at radius 1 is 1.50 bits per heavy atom. The van der Waals surface area contributed by atoms with Crippen LogP contribution in [0.3, 0.4) is 0 Å². The van der Waals surface area contributed by atoms with Crippen LogP contribution in [0.25, 0.3) is 0 Å². The summed E-state index contributed by atoms with van der Waals surface area (Å²) in [7, 11) is 0. The second-order valence-electron chi connectivity index (χ2n) is 2.95. The van der Waals surface area contributed by atoms with E-state index in [4.69, 9.17) is 0 Å². The molecule has 1 unspecified atom stereocenters. The van der Waals surface area contributed by atoms with Gasteiger partial charge in [0.25, 0.3) is 0 Å². The summed E-state index contributed by atoms with van der Waals surface area (Å²) in [6, 6.07) is 0.265. The SMILES string of the molecule is CC1CC[C@H](C[O-])NC1.[K+]. The molecule has 1 saturated heterocycles. The molecule has 0 aliphatic carbocycles. The third-order valence-corrected chi connectivity index (χ3v) is 1.96. The first-order valence-electron chi connectivity index (χ1n) is 3.64. The van der Waals surface area contributed by atoms with E-state index in [1.165, 1.54) is 6.42 Å². The van der Waals surface area contributed by atoms with Gasteiger partial charge in [-0.3, -0.25) is 0 Å². The van der Waals surface area contributed by atoms with Crippen molar-refractivity contribution in [1.82, 2.24) is 5.32 Å². The number of nitrogens with one attached hydrogen (secondary N) is 1. The molecule has 0 amide bonds. The van der Waals surface area contributed by atoms with Gasteiger partial charge in [-0.15, -0.1) is 6.61 Å². The van der Waals surface area contributed by atoms with Gasteiger partial charge in [-0.1, -0.05) is 6.92 Å². The van der Waals surface area contributed by atoms with E-state index in [2.05, 4.69) is 12.2 Å². The molecule has 0 aromatic rings. The second-order valence-corrected chi connectivity index (χ2v) is 2.95. The van der Waals surface area contributed by atoms with E-state index in [1.807, 2.05) is 0 Å². The summed E-state index contributed by atoms with van der Waals surface area (Å²) in [4.78, 5) is 0. The molecule has 0 aromatic heterocycles. The van der Waals surface area contributed by atoms with Gasteiger partial charge in [-0.05, 0) is 31.3 Å². The van der Waals surface area contributed by atoms with Crippen molar-refractivity contribution in [3.8, 4) is 0 Å². The molecule has 1 rings (SSSR count). The summed E-state index contributed by atoms with van der Waals surface area (Å²) < 4.78 is 0. The van der Waals surface area contributed by atoms with Crippen molar-refractivity contribution < 1.29 is 56.5 Å². The van der Waals surface area contributed by atoms with E-state index in [0.717, 1.165) is 18.9 Å². The molecule has 0 bridgehead atoms. The van der Waals surface area contributed by atoms with Crippen molar-refractivity contribution in [2.24, 2.45) is 5.92 Å². The third kappa shape index (κ3) is 3.81. The van der Waals surface area contributed by atoms with Crippen LogP contribution in [0, 0.1) is 5.92 Å². The predicted molar refractivity (Wildman–Crippen MR) is 35.1 cm³/mol. The van der Waals surface area contributed by atoms with Gasteiger partial charge in [0.15, 0.2) is 0 Å². The first-order chi connectivity index (χ1) is 4.33. The monoisotopic (exact) mass is 167 g/mol. The van der Waals surface area contributed by atoms with Crippen LogP contribution in [0.2, 0.25) is 0 Å². The third-order valence-electron chi connectivity index (χ3n) is 1.96. The van der Waals surface area contributed by atoms with Crippen LogP contribution in [-0.4, -0.2) is 19.2 Å². The van der Waals surface area contributed by atoms with Crippen LogP contribution in [0.15, 0.2) is 0 Å². The molecule has 54 valence electrons. The van der Waals surface area contributed by atoms with Crippen LogP contribution < -0.4 is 61.8 Å². The fraction of sp³-hybridized carbons (Fsp3) is 1.00. The maximum absolute atomic E-state index is 10.3. The minimum Gasteiger partial charge on any atom is -0.853 e. The van der Waals surface area contributed by atoms with Crippen LogP contribution in [0.5, 0.6) is 0 Å². The Bertz CT molecular complexity index is 81.7. The minimum atomic E-state index is 0. The van der Waals surface area contributed by atoms with Gasteiger partial charge in [0.1, 0.15) is 0 Å². The van der Waals surface area contributed by atoms with Gasteiger partial charge in [-0.25, -0.2) is 0 Å². The topological polar surface area (TPSA) is 35.1 Å². The van der Waals surface area contributed by atoms with Crippen molar-refractivity contribution >= 4 is 0 Å². The molecule has 0 aromatic carbocycles. The zero-order valence-corrected chi connectivity index (χ0v) is 10.0. The smallest absolute Gasteiger partial charge is 0.853 e. The molecule has 2 nitrogen and oxygen atoms in total. The normalized spacial score (nSPS) is 33.0. The van der Waals surface area contributed by atoms with E-state index in [0.29, 0.717) is 0 Å². The van der Waals surface area contributed by atoms with Crippen molar-refractivity contribution in [2.75, 3.05) is 13.2 Å². The number of piperidine rings is 1. The van der Waals surface area contributed by atoms with Gasteiger partial charge >= 0.3 is 51.4 Å². The number of hydrogen-bond donors (Lipinski definition) is 1. The van der Waals surface area contributed by atoms with Crippen LogP contribution in [-0.2, 0) is 0 Å². The molecular weight excluding hydrogens is 153 g/mol. The van der Waals surface area contributed by atoms with E-state index >= 15 is 0 Å². The van der Waals surface area contributed by atoms with Crippen molar-refractivity contribution in [3.63, 3.8) is 0 Å². The standard InChI is InChI=1S/C7H14NO.K/c1-6-2-3-7(5-9)8-4-6;/h6-8H,2-5H2,1H3;/q-1;+1/t6?,7-;/m1./s1. The Balaban J connectivity index is 0.000000810. The minimum absolute atomic E-state index is 0. The Morgan fingerprint density at radius 3 is 2.60 bits per heavy atom. The maximum Gasteiger partial charge on any atom is 1.00 e. The first kappa shape index (κ1) is 11.6. The van der Waals surface area contributed by atoms with Crippen molar-refractivity contribution in [3.05, 3.63) is 0 Å². The quantitative estimate of drug-likeness (QED) is 0.416. The van der Waals surface area contributed by atoms with Gasteiger partial charge in [0, 0.05) is 0 Å². The zero-order chi connectivity index (χ0) is 6.69. The van der Waals surface area contributed by atoms with E-state index in [-0.39, 0.29) is 64.0 Å². The molecule has 1 aliphatic heterocycles. The average Bonchev–Trinajstić information content (AvgIpc) is 1.90. The number of hydrogen-bond acceptors (Lipinski definition) is 2. The molecule has 1 N–H and O–H groups in total. The van der Waals surface area contributed by atoms with Gasteiger partial charge in [0.05, 0.1) is 0 Å². The average molecular weight is 167 g/mol. The van der Waals surface area contributed by atoms with E-state index in [9.17, 15) is 5.11 Å². The molecule has 0 spiro atoms. The molecule has 3 heteroatoms. The molecule has 1 heterocycles. The fourth-order valence-electron chi connectivity index (χ4n) is 1.20. The van der Waals surface area contributed by atoms with Crippen LogP contribution in [0.1, 0.15) is 19.8 Å². The molecule has 0 saturated carbocycles. The van der Waals surface area contributed by atoms with Crippen molar-refractivity contribution in [1.29, 1.82) is 0 Å². The summed E-state index contributed by atoms with van der Waals surface area (Å²) in [6.45, 7) is 3.30. The zero-order valence-electron chi connectivity index (χ0n) is 6.89. The Kier molecular flexibility index (Phi) is 7.07. The van der Waals surface area contributed by atoms with Gasteiger partial charge in [-0.2, -0.15) is 0 Å². The molecule has 1 fully saturated rings. The molecule has 0 radical (unpaired) electrons.